The first-order valence-electron chi connectivity index (χ1n) is 12.3. The normalized spacial score (nSPS) is 21.7. The van der Waals surface area contributed by atoms with Crippen molar-refractivity contribution in [1.29, 1.82) is 0 Å². The monoisotopic (exact) mass is 429 g/mol. The highest BCUT2D eigenvalue weighted by Crippen LogP contribution is 2.20. The average molecular weight is 430 g/mol. The van der Waals surface area contributed by atoms with Crippen LogP contribution in [-0.4, -0.2) is 79.8 Å². The number of hydrogen-bond acceptors (Lipinski definition) is 4. The van der Waals surface area contributed by atoms with Gasteiger partial charge in [-0.15, -0.1) is 0 Å². The zero-order valence-electron chi connectivity index (χ0n) is 19.9. The maximum absolute atomic E-state index is 5.70. The number of benzene rings is 1. The van der Waals surface area contributed by atoms with Crippen LogP contribution in [0.2, 0.25) is 0 Å². The maximum atomic E-state index is 5.70. The fourth-order valence-electron chi connectivity index (χ4n) is 4.56. The van der Waals surface area contributed by atoms with E-state index in [1.807, 2.05) is 0 Å². The van der Waals surface area contributed by atoms with E-state index in [4.69, 9.17) is 9.73 Å². The van der Waals surface area contributed by atoms with Crippen molar-refractivity contribution in [2.45, 2.75) is 71.2 Å². The van der Waals surface area contributed by atoms with Crippen LogP contribution in [0.4, 0.5) is 0 Å². The Morgan fingerprint density at radius 3 is 2.61 bits per heavy atom. The van der Waals surface area contributed by atoms with Crippen LogP contribution < -0.4 is 10.6 Å². The van der Waals surface area contributed by atoms with E-state index in [1.165, 1.54) is 24.9 Å². The van der Waals surface area contributed by atoms with Gasteiger partial charge in [0.2, 0.25) is 0 Å². The summed E-state index contributed by atoms with van der Waals surface area (Å²) in [6, 6.07) is 11.9. The number of piperidine rings is 1. The van der Waals surface area contributed by atoms with E-state index < -0.39 is 0 Å². The van der Waals surface area contributed by atoms with Crippen molar-refractivity contribution in [3.63, 3.8) is 0 Å². The van der Waals surface area contributed by atoms with E-state index in [0.717, 1.165) is 64.7 Å². The molecule has 1 aromatic rings. The molecule has 0 bridgehead atoms. The van der Waals surface area contributed by atoms with Crippen molar-refractivity contribution in [3.05, 3.63) is 35.9 Å². The number of hydrogen-bond donors (Lipinski definition) is 2. The molecule has 2 aliphatic rings. The molecule has 3 rings (SSSR count). The summed E-state index contributed by atoms with van der Waals surface area (Å²) < 4.78 is 5.70. The first kappa shape index (κ1) is 24.0. The van der Waals surface area contributed by atoms with Gasteiger partial charge in [0, 0.05) is 44.8 Å². The topological polar surface area (TPSA) is 52.1 Å². The summed E-state index contributed by atoms with van der Waals surface area (Å²) in [5.74, 6) is 0.982. The molecule has 1 aromatic carbocycles. The third-order valence-electron chi connectivity index (χ3n) is 6.32. The lowest BCUT2D eigenvalue weighted by Gasteiger charge is -2.33. The minimum atomic E-state index is 0.321. The molecule has 1 atom stereocenters. The van der Waals surface area contributed by atoms with Gasteiger partial charge < -0.3 is 20.3 Å². The lowest BCUT2D eigenvalue weighted by atomic mass is 10.1. The Morgan fingerprint density at radius 2 is 1.90 bits per heavy atom. The van der Waals surface area contributed by atoms with Crippen molar-refractivity contribution < 1.29 is 4.74 Å². The Morgan fingerprint density at radius 1 is 1.13 bits per heavy atom. The second-order valence-electron chi connectivity index (χ2n) is 9.15. The molecular formula is C25H43N5O. The minimum Gasteiger partial charge on any atom is -0.377 e. The number of likely N-dealkylation sites (tertiary alicyclic amines) is 2. The summed E-state index contributed by atoms with van der Waals surface area (Å²) in [5.41, 5.74) is 1.40. The van der Waals surface area contributed by atoms with Crippen LogP contribution in [0.1, 0.15) is 52.0 Å². The van der Waals surface area contributed by atoms with Gasteiger partial charge in [-0.3, -0.25) is 9.89 Å². The van der Waals surface area contributed by atoms with Crippen molar-refractivity contribution in [2.24, 2.45) is 4.99 Å². The smallest absolute Gasteiger partial charge is 0.191 e. The average Bonchev–Trinajstić information content (AvgIpc) is 3.21. The molecular weight excluding hydrogens is 386 g/mol. The Kier molecular flexibility index (Phi) is 10.1. The molecule has 0 radical (unpaired) electrons. The molecule has 2 N–H and O–H groups in total. The van der Waals surface area contributed by atoms with Crippen LogP contribution in [0, 0.1) is 0 Å². The molecule has 1 unspecified atom stereocenters. The second-order valence-corrected chi connectivity index (χ2v) is 9.15. The fourth-order valence-corrected chi connectivity index (χ4v) is 4.56. The highest BCUT2D eigenvalue weighted by molar-refractivity contribution is 5.80. The lowest BCUT2D eigenvalue weighted by molar-refractivity contribution is 0.0532. The van der Waals surface area contributed by atoms with Crippen LogP contribution in [0.5, 0.6) is 0 Å². The zero-order valence-corrected chi connectivity index (χ0v) is 19.9. The number of nitrogens with zero attached hydrogens (tertiary/aromatic N) is 3. The van der Waals surface area contributed by atoms with E-state index in [0.29, 0.717) is 18.2 Å². The standard InChI is InChI=1S/C25H43N5O/c1-4-26-25(28-23-12-15-29(16-13-23)17-18-31-21(2)3)27-19-24-11-8-14-30(24)20-22-9-6-5-7-10-22/h5-7,9-10,21,23-24H,4,8,11-20H2,1-3H3,(H2,26,27,28). The number of nitrogens with one attached hydrogen (secondary N) is 2. The van der Waals surface area contributed by atoms with E-state index in [9.17, 15) is 0 Å². The molecule has 0 aromatic heterocycles. The molecule has 174 valence electrons. The Bertz CT molecular complexity index is 643. The molecule has 6 nitrogen and oxygen atoms in total. The predicted molar refractivity (Wildman–Crippen MR) is 130 cm³/mol. The quantitative estimate of drug-likeness (QED) is 0.442. The summed E-state index contributed by atoms with van der Waals surface area (Å²) in [4.78, 5) is 10.1. The van der Waals surface area contributed by atoms with E-state index in [2.05, 4.69) is 71.5 Å². The van der Waals surface area contributed by atoms with E-state index >= 15 is 0 Å². The second kappa shape index (κ2) is 13.0. The molecule has 0 saturated carbocycles. The number of rotatable bonds is 10. The van der Waals surface area contributed by atoms with Gasteiger partial charge in [-0.2, -0.15) is 0 Å². The van der Waals surface area contributed by atoms with Gasteiger partial charge in [-0.1, -0.05) is 30.3 Å². The zero-order chi connectivity index (χ0) is 21.9. The Labute approximate surface area is 189 Å². The van der Waals surface area contributed by atoms with Crippen LogP contribution >= 0.6 is 0 Å². The van der Waals surface area contributed by atoms with Crippen molar-refractivity contribution in [2.75, 3.05) is 45.9 Å². The van der Waals surface area contributed by atoms with Crippen LogP contribution in [0.25, 0.3) is 0 Å². The number of guanidine groups is 1. The van der Waals surface area contributed by atoms with Gasteiger partial charge in [0.1, 0.15) is 0 Å². The summed E-state index contributed by atoms with van der Waals surface area (Å²) in [6.07, 6.45) is 5.16. The Hall–Kier alpha value is -1.63. The van der Waals surface area contributed by atoms with Crippen LogP contribution in [-0.2, 0) is 11.3 Å². The van der Waals surface area contributed by atoms with Crippen molar-refractivity contribution >= 4 is 5.96 Å². The third kappa shape index (κ3) is 8.43. The highest BCUT2D eigenvalue weighted by Gasteiger charge is 2.25. The minimum absolute atomic E-state index is 0.321. The van der Waals surface area contributed by atoms with Gasteiger partial charge in [-0.05, 0) is 58.6 Å². The molecule has 31 heavy (non-hydrogen) atoms. The van der Waals surface area contributed by atoms with Gasteiger partial charge in [0.25, 0.3) is 0 Å². The SMILES string of the molecule is CCNC(=NCC1CCCN1Cc1ccccc1)NC1CCN(CCOC(C)C)CC1. The fraction of sp³-hybridized carbons (Fsp3) is 0.720. The summed E-state index contributed by atoms with van der Waals surface area (Å²) in [7, 11) is 0. The predicted octanol–water partition coefficient (Wildman–Crippen LogP) is 3.10. The van der Waals surface area contributed by atoms with E-state index in [-0.39, 0.29) is 0 Å². The van der Waals surface area contributed by atoms with Crippen LogP contribution in [0.3, 0.4) is 0 Å². The molecule has 0 aliphatic carbocycles. The van der Waals surface area contributed by atoms with E-state index in [1.54, 1.807) is 0 Å². The van der Waals surface area contributed by atoms with Gasteiger partial charge >= 0.3 is 0 Å². The lowest BCUT2D eigenvalue weighted by Crippen LogP contribution is -2.49. The number of ether oxygens (including phenoxy) is 1. The summed E-state index contributed by atoms with van der Waals surface area (Å²) >= 11 is 0. The Balaban J connectivity index is 1.44. The third-order valence-corrected chi connectivity index (χ3v) is 6.32. The van der Waals surface area contributed by atoms with Crippen LogP contribution in [0.15, 0.2) is 35.3 Å². The molecule has 2 saturated heterocycles. The molecule has 0 spiro atoms. The van der Waals surface area contributed by atoms with Gasteiger partial charge in [0.05, 0.1) is 19.3 Å². The first-order valence-corrected chi connectivity index (χ1v) is 12.3. The molecule has 2 heterocycles. The molecule has 2 fully saturated rings. The van der Waals surface area contributed by atoms with Crippen molar-refractivity contribution in [3.8, 4) is 0 Å². The molecule has 0 amide bonds. The number of aliphatic imine (C=N–C) groups is 1. The highest BCUT2D eigenvalue weighted by atomic mass is 16.5. The largest absolute Gasteiger partial charge is 0.377 e. The van der Waals surface area contributed by atoms with Gasteiger partial charge in [-0.25, -0.2) is 0 Å². The molecule has 6 heteroatoms. The van der Waals surface area contributed by atoms with Crippen molar-refractivity contribution in [1.82, 2.24) is 20.4 Å². The maximum Gasteiger partial charge on any atom is 0.191 e. The van der Waals surface area contributed by atoms with Gasteiger partial charge in [0.15, 0.2) is 5.96 Å². The first-order chi connectivity index (χ1) is 15.1. The summed E-state index contributed by atoms with van der Waals surface area (Å²) in [6.45, 7) is 14.5. The molecule has 2 aliphatic heterocycles. The summed E-state index contributed by atoms with van der Waals surface area (Å²) in [5, 5.41) is 7.17.